The standard InChI is InChI=1S/C9H18N4O/c1-4-9(2,14-3)8-11-7(5-6-10)12-13-8/h4-6,10H2,1-3H3,(H,11,12,13). The number of nitrogens with one attached hydrogen (secondary N) is 1. The molecule has 80 valence electrons. The Bertz CT molecular complexity index is 280. The summed E-state index contributed by atoms with van der Waals surface area (Å²) in [5, 5.41) is 6.99. The van der Waals surface area contributed by atoms with Crippen LogP contribution in [0, 0.1) is 0 Å². The van der Waals surface area contributed by atoms with Gasteiger partial charge in [-0.15, -0.1) is 0 Å². The van der Waals surface area contributed by atoms with E-state index in [1.54, 1.807) is 7.11 Å². The molecule has 5 nitrogen and oxygen atoms in total. The Morgan fingerprint density at radius 2 is 2.29 bits per heavy atom. The van der Waals surface area contributed by atoms with Gasteiger partial charge in [-0.3, -0.25) is 5.10 Å². The summed E-state index contributed by atoms with van der Waals surface area (Å²) in [6.45, 7) is 4.59. The molecule has 0 fully saturated rings. The number of nitrogens with two attached hydrogens (primary N) is 1. The molecule has 3 N–H and O–H groups in total. The summed E-state index contributed by atoms with van der Waals surface area (Å²) in [5.41, 5.74) is 5.03. The van der Waals surface area contributed by atoms with Crippen LogP contribution in [0.2, 0.25) is 0 Å². The first-order valence-electron chi connectivity index (χ1n) is 4.83. The van der Waals surface area contributed by atoms with Crippen molar-refractivity contribution in [3.8, 4) is 0 Å². The molecule has 1 aromatic rings. The first-order chi connectivity index (χ1) is 6.66. The molecular weight excluding hydrogens is 180 g/mol. The summed E-state index contributed by atoms with van der Waals surface area (Å²) in [6, 6.07) is 0. The van der Waals surface area contributed by atoms with Gasteiger partial charge in [0.25, 0.3) is 0 Å². The zero-order chi connectivity index (χ0) is 10.6. The van der Waals surface area contributed by atoms with Gasteiger partial charge in [0.05, 0.1) is 0 Å². The van der Waals surface area contributed by atoms with Crippen molar-refractivity contribution in [1.82, 2.24) is 15.2 Å². The van der Waals surface area contributed by atoms with Crippen molar-refractivity contribution in [2.75, 3.05) is 13.7 Å². The summed E-state index contributed by atoms with van der Waals surface area (Å²) in [4.78, 5) is 4.34. The van der Waals surface area contributed by atoms with Crippen molar-refractivity contribution in [3.05, 3.63) is 11.6 Å². The number of rotatable bonds is 5. The molecule has 0 saturated carbocycles. The average Bonchev–Trinajstić information content (AvgIpc) is 2.66. The summed E-state index contributed by atoms with van der Waals surface area (Å²) in [5.74, 6) is 1.52. The maximum Gasteiger partial charge on any atom is 0.182 e. The molecule has 14 heavy (non-hydrogen) atoms. The third-order valence-corrected chi connectivity index (χ3v) is 2.51. The first-order valence-corrected chi connectivity index (χ1v) is 4.83. The highest BCUT2D eigenvalue weighted by atomic mass is 16.5. The third-order valence-electron chi connectivity index (χ3n) is 2.51. The zero-order valence-electron chi connectivity index (χ0n) is 9.00. The minimum absolute atomic E-state index is 0.399. The molecule has 0 aliphatic rings. The largest absolute Gasteiger partial charge is 0.370 e. The fourth-order valence-corrected chi connectivity index (χ4v) is 1.17. The molecule has 0 aliphatic carbocycles. The lowest BCUT2D eigenvalue weighted by atomic mass is 10.0. The van der Waals surface area contributed by atoms with Crippen molar-refractivity contribution >= 4 is 0 Å². The Balaban J connectivity index is 2.84. The Morgan fingerprint density at radius 1 is 1.57 bits per heavy atom. The molecule has 1 unspecified atom stereocenters. The molecule has 5 heteroatoms. The van der Waals surface area contributed by atoms with E-state index in [0.717, 1.165) is 18.7 Å². The fourth-order valence-electron chi connectivity index (χ4n) is 1.17. The predicted octanol–water partition coefficient (Wildman–Crippen LogP) is 0.578. The highest BCUT2D eigenvalue weighted by Gasteiger charge is 2.28. The summed E-state index contributed by atoms with van der Waals surface area (Å²) < 4.78 is 5.39. The monoisotopic (exact) mass is 198 g/mol. The number of hydrogen-bond donors (Lipinski definition) is 2. The first kappa shape index (κ1) is 11.1. The van der Waals surface area contributed by atoms with Gasteiger partial charge >= 0.3 is 0 Å². The van der Waals surface area contributed by atoms with E-state index in [2.05, 4.69) is 15.2 Å². The number of nitrogens with zero attached hydrogens (tertiary/aromatic N) is 2. The van der Waals surface area contributed by atoms with Crippen molar-refractivity contribution in [1.29, 1.82) is 0 Å². The van der Waals surface area contributed by atoms with Gasteiger partial charge in [0, 0.05) is 13.5 Å². The highest BCUT2D eigenvalue weighted by molar-refractivity contribution is 5.01. The molecular formula is C9H18N4O. The summed E-state index contributed by atoms with van der Waals surface area (Å²) in [7, 11) is 1.67. The van der Waals surface area contributed by atoms with Gasteiger partial charge in [-0.1, -0.05) is 6.92 Å². The molecule has 0 bridgehead atoms. The number of aromatic amines is 1. The molecule has 1 rings (SSSR count). The highest BCUT2D eigenvalue weighted by Crippen LogP contribution is 2.24. The number of methoxy groups -OCH3 is 1. The van der Waals surface area contributed by atoms with E-state index < -0.39 is 5.60 Å². The van der Waals surface area contributed by atoms with Crippen molar-refractivity contribution in [2.24, 2.45) is 5.73 Å². The maximum absolute atomic E-state index is 5.42. The van der Waals surface area contributed by atoms with Crippen molar-refractivity contribution in [2.45, 2.75) is 32.3 Å². The fraction of sp³-hybridized carbons (Fsp3) is 0.778. The van der Waals surface area contributed by atoms with Gasteiger partial charge < -0.3 is 10.5 Å². The van der Waals surface area contributed by atoms with E-state index >= 15 is 0 Å². The second kappa shape index (κ2) is 4.52. The van der Waals surface area contributed by atoms with Crippen LogP contribution in [0.5, 0.6) is 0 Å². The van der Waals surface area contributed by atoms with E-state index in [4.69, 9.17) is 10.5 Å². The third kappa shape index (κ3) is 2.10. The van der Waals surface area contributed by atoms with Gasteiger partial charge in [-0.2, -0.15) is 5.10 Å². The molecule has 1 atom stereocenters. The van der Waals surface area contributed by atoms with E-state index in [1.807, 2.05) is 13.8 Å². The van der Waals surface area contributed by atoms with E-state index in [9.17, 15) is 0 Å². The van der Waals surface area contributed by atoms with E-state index in [1.165, 1.54) is 0 Å². The van der Waals surface area contributed by atoms with E-state index in [-0.39, 0.29) is 0 Å². The lowest BCUT2D eigenvalue weighted by Gasteiger charge is -2.22. The van der Waals surface area contributed by atoms with Crippen LogP contribution in [0.3, 0.4) is 0 Å². The smallest absolute Gasteiger partial charge is 0.182 e. The molecule has 0 spiro atoms. The van der Waals surface area contributed by atoms with Crippen LogP contribution in [0.25, 0.3) is 0 Å². The lowest BCUT2D eigenvalue weighted by Crippen LogP contribution is -2.25. The Labute approximate surface area is 84.1 Å². The van der Waals surface area contributed by atoms with Crippen LogP contribution in [0.1, 0.15) is 31.9 Å². The minimum Gasteiger partial charge on any atom is -0.370 e. The second-order valence-corrected chi connectivity index (χ2v) is 3.43. The molecule has 0 radical (unpaired) electrons. The zero-order valence-corrected chi connectivity index (χ0v) is 9.00. The Morgan fingerprint density at radius 3 is 2.79 bits per heavy atom. The molecule has 1 heterocycles. The van der Waals surface area contributed by atoms with Gasteiger partial charge in [0.15, 0.2) is 5.82 Å². The molecule has 0 aromatic carbocycles. The number of aromatic nitrogens is 3. The molecule has 1 aromatic heterocycles. The van der Waals surface area contributed by atoms with Crippen LogP contribution in [-0.2, 0) is 16.8 Å². The van der Waals surface area contributed by atoms with Crippen LogP contribution in [0.4, 0.5) is 0 Å². The Kier molecular flexibility index (Phi) is 3.60. The summed E-state index contributed by atoms with van der Waals surface area (Å²) in [6.07, 6.45) is 1.56. The SMILES string of the molecule is CCC(C)(OC)c1n[nH]c(CCN)n1. The predicted molar refractivity (Wildman–Crippen MR) is 53.8 cm³/mol. The second-order valence-electron chi connectivity index (χ2n) is 3.43. The average molecular weight is 198 g/mol. The van der Waals surface area contributed by atoms with Gasteiger partial charge in [0.1, 0.15) is 11.4 Å². The van der Waals surface area contributed by atoms with Crippen LogP contribution in [0.15, 0.2) is 0 Å². The Hall–Kier alpha value is -0.940. The van der Waals surface area contributed by atoms with Crippen LogP contribution >= 0.6 is 0 Å². The van der Waals surface area contributed by atoms with Crippen molar-refractivity contribution < 1.29 is 4.74 Å². The summed E-state index contributed by atoms with van der Waals surface area (Å²) >= 11 is 0. The lowest BCUT2D eigenvalue weighted by molar-refractivity contribution is -0.00872. The number of H-pyrrole nitrogens is 1. The molecule has 0 aliphatic heterocycles. The maximum atomic E-state index is 5.42. The van der Waals surface area contributed by atoms with Gasteiger partial charge in [-0.05, 0) is 19.9 Å². The van der Waals surface area contributed by atoms with E-state index in [0.29, 0.717) is 12.4 Å². The van der Waals surface area contributed by atoms with Crippen LogP contribution < -0.4 is 5.73 Å². The number of hydrogen-bond acceptors (Lipinski definition) is 4. The van der Waals surface area contributed by atoms with Gasteiger partial charge in [0.2, 0.25) is 0 Å². The minimum atomic E-state index is -0.399. The molecule has 0 amide bonds. The topological polar surface area (TPSA) is 76.8 Å². The van der Waals surface area contributed by atoms with Crippen LogP contribution in [-0.4, -0.2) is 28.8 Å². The molecule has 0 saturated heterocycles. The number of ether oxygens (including phenoxy) is 1. The normalized spacial score (nSPS) is 15.4. The quantitative estimate of drug-likeness (QED) is 0.725. The van der Waals surface area contributed by atoms with Crippen molar-refractivity contribution in [3.63, 3.8) is 0 Å². The van der Waals surface area contributed by atoms with Gasteiger partial charge in [-0.25, -0.2) is 4.98 Å².